The number of benzene rings is 2. The van der Waals surface area contributed by atoms with Crippen molar-refractivity contribution in [2.24, 2.45) is 0 Å². The molecular weight excluding hydrogens is 290 g/mol. The normalized spacial score (nSPS) is 11.0. The Morgan fingerprint density at radius 3 is 2.04 bits per heavy atom. The van der Waals surface area contributed by atoms with Crippen LogP contribution >= 0.6 is 0 Å². The molecule has 122 valence electrons. The van der Waals surface area contributed by atoms with Gasteiger partial charge in [0.1, 0.15) is 0 Å². The Balaban J connectivity index is 2.43. The van der Waals surface area contributed by atoms with Gasteiger partial charge in [0.25, 0.3) is 0 Å². The van der Waals surface area contributed by atoms with Gasteiger partial charge in [-0.3, -0.25) is 0 Å². The molecule has 2 N–H and O–H groups in total. The fraction of sp³-hybridized carbons (Fsp3) is 0.316. The van der Waals surface area contributed by atoms with Gasteiger partial charge in [-0.2, -0.15) is 0 Å². The molecule has 23 heavy (non-hydrogen) atoms. The van der Waals surface area contributed by atoms with Crippen LogP contribution in [0, 0.1) is 0 Å². The van der Waals surface area contributed by atoms with E-state index in [9.17, 15) is 9.90 Å². The van der Waals surface area contributed by atoms with Crippen molar-refractivity contribution in [3.63, 3.8) is 0 Å². The summed E-state index contributed by atoms with van der Waals surface area (Å²) in [5.74, 6) is -0.603. The van der Waals surface area contributed by atoms with Gasteiger partial charge in [0.15, 0.2) is 0 Å². The van der Waals surface area contributed by atoms with Gasteiger partial charge < -0.3 is 15.5 Å². The predicted octanol–water partition coefficient (Wildman–Crippen LogP) is 4.45. The molecule has 0 saturated carbocycles. The molecule has 0 amide bonds. The first-order valence-electron chi connectivity index (χ1n) is 7.74. The molecule has 0 spiro atoms. The van der Waals surface area contributed by atoms with Crippen molar-refractivity contribution in [2.75, 3.05) is 5.32 Å². The van der Waals surface area contributed by atoms with Crippen LogP contribution in [0.1, 0.15) is 61.0 Å². The minimum Gasteiger partial charge on any atom is -0.872 e. The Morgan fingerprint density at radius 1 is 1.00 bits per heavy atom. The van der Waals surface area contributed by atoms with Gasteiger partial charge in [-0.1, -0.05) is 44.9 Å². The van der Waals surface area contributed by atoms with E-state index in [1.807, 2.05) is 45.9 Å². The first kappa shape index (κ1) is 16.9. The van der Waals surface area contributed by atoms with E-state index in [1.54, 1.807) is 18.2 Å². The number of hydrogen-bond acceptors (Lipinski definition) is 3. The van der Waals surface area contributed by atoms with Crippen LogP contribution in [0.3, 0.4) is 0 Å². The summed E-state index contributed by atoms with van der Waals surface area (Å²) in [4.78, 5) is 11.1. The molecule has 4 heteroatoms. The third-order valence-corrected chi connectivity index (χ3v) is 3.79. The Hall–Kier alpha value is -2.49. The molecular formula is C19H22NO3-. The first-order chi connectivity index (χ1) is 10.8. The molecule has 0 saturated heterocycles. The average molecular weight is 312 g/mol. The van der Waals surface area contributed by atoms with E-state index in [-0.39, 0.29) is 23.1 Å². The van der Waals surface area contributed by atoms with E-state index in [4.69, 9.17) is 5.11 Å². The zero-order chi connectivity index (χ0) is 17.1. The number of hydrogen-bond donors (Lipinski definition) is 2. The monoisotopic (exact) mass is 312 g/mol. The Bertz CT molecular complexity index is 691. The molecule has 0 bridgehead atoms. The third kappa shape index (κ3) is 3.83. The molecule has 0 fully saturated rings. The molecule has 0 aliphatic rings. The maximum atomic E-state index is 12.5. The zero-order valence-corrected chi connectivity index (χ0v) is 13.9. The highest BCUT2D eigenvalue weighted by molar-refractivity contribution is 5.89. The van der Waals surface area contributed by atoms with Gasteiger partial charge in [0, 0.05) is 11.4 Å². The van der Waals surface area contributed by atoms with Crippen molar-refractivity contribution in [3.8, 4) is 5.75 Å². The van der Waals surface area contributed by atoms with Crippen LogP contribution in [-0.2, 0) is 0 Å². The van der Waals surface area contributed by atoms with Crippen molar-refractivity contribution < 1.29 is 15.0 Å². The predicted molar refractivity (Wildman–Crippen MR) is 90.8 cm³/mol. The van der Waals surface area contributed by atoms with Crippen molar-refractivity contribution in [3.05, 3.63) is 53.1 Å². The van der Waals surface area contributed by atoms with Crippen molar-refractivity contribution in [1.82, 2.24) is 0 Å². The topological polar surface area (TPSA) is 72.4 Å². The summed E-state index contributed by atoms with van der Waals surface area (Å²) in [6.45, 7) is 7.98. The maximum Gasteiger partial charge on any atom is 0.335 e. The Kier molecular flexibility index (Phi) is 4.94. The Morgan fingerprint density at radius 2 is 1.57 bits per heavy atom. The van der Waals surface area contributed by atoms with Crippen LogP contribution in [0.5, 0.6) is 5.75 Å². The maximum absolute atomic E-state index is 12.5. The van der Waals surface area contributed by atoms with Gasteiger partial charge in [-0.25, -0.2) is 4.79 Å². The van der Waals surface area contributed by atoms with E-state index in [2.05, 4.69) is 5.32 Å². The number of aromatic carboxylic acids is 1. The fourth-order valence-corrected chi connectivity index (χ4v) is 2.50. The highest BCUT2D eigenvalue weighted by Gasteiger charge is 2.10. The number of anilines is 2. The molecule has 0 radical (unpaired) electrons. The summed E-state index contributed by atoms with van der Waals surface area (Å²) < 4.78 is 0. The minimum atomic E-state index is -0.964. The minimum absolute atomic E-state index is 0.0971. The van der Waals surface area contributed by atoms with Gasteiger partial charge in [0.2, 0.25) is 0 Å². The Labute approximate surface area is 136 Å². The number of carbonyl (C=O) groups is 1. The molecule has 2 aromatic rings. The lowest BCUT2D eigenvalue weighted by atomic mass is 9.93. The van der Waals surface area contributed by atoms with Crippen molar-refractivity contribution in [2.45, 2.75) is 39.5 Å². The van der Waals surface area contributed by atoms with Crippen LogP contribution < -0.4 is 10.4 Å². The molecule has 0 unspecified atom stereocenters. The molecule has 2 aromatic carbocycles. The van der Waals surface area contributed by atoms with Crippen LogP contribution in [0.2, 0.25) is 0 Å². The zero-order valence-electron chi connectivity index (χ0n) is 13.9. The second-order valence-electron chi connectivity index (χ2n) is 6.30. The summed E-state index contributed by atoms with van der Waals surface area (Å²) in [7, 11) is 0. The van der Waals surface area contributed by atoms with Gasteiger partial charge in [0.05, 0.1) is 5.56 Å². The third-order valence-electron chi connectivity index (χ3n) is 3.79. The lowest BCUT2D eigenvalue weighted by Gasteiger charge is -2.25. The largest absolute Gasteiger partial charge is 0.872 e. The van der Waals surface area contributed by atoms with E-state index in [0.717, 1.165) is 16.8 Å². The lowest BCUT2D eigenvalue weighted by molar-refractivity contribution is -0.270. The van der Waals surface area contributed by atoms with E-state index in [0.29, 0.717) is 5.69 Å². The number of carboxylic acid groups (broad SMARTS) is 1. The highest BCUT2D eigenvalue weighted by atomic mass is 16.4. The molecule has 0 aliphatic heterocycles. The smallest absolute Gasteiger partial charge is 0.335 e. The summed E-state index contributed by atoms with van der Waals surface area (Å²) in [6, 6.07) is 10.3. The molecule has 0 aliphatic carbocycles. The number of rotatable bonds is 5. The molecule has 4 nitrogen and oxygen atoms in total. The van der Waals surface area contributed by atoms with E-state index < -0.39 is 5.97 Å². The quantitative estimate of drug-likeness (QED) is 0.855. The second-order valence-corrected chi connectivity index (χ2v) is 6.30. The fourth-order valence-electron chi connectivity index (χ4n) is 2.50. The van der Waals surface area contributed by atoms with E-state index in [1.165, 1.54) is 0 Å². The van der Waals surface area contributed by atoms with E-state index >= 15 is 0 Å². The van der Waals surface area contributed by atoms with Gasteiger partial charge in [-0.15, -0.1) is 5.75 Å². The van der Waals surface area contributed by atoms with Crippen LogP contribution in [0.15, 0.2) is 36.4 Å². The van der Waals surface area contributed by atoms with Crippen LogP contribution in [0.25, 0.3) is 0 Å². The van der Waals surface area contributed by atoms with Crippen molar-refractivity contribution >= 4 is 17.3 Å². The van der Waals surface area contributed by atoms with Gasteiger partial charge >= 0.3 is 5.97 Å². The van der Waals surface area contributed by atoms with Crippen LogP contribution in [0.4, 0.5) is 11.4 Å². The standard InChI is InChI=1S/C19H23NO3/c1-11(2)16-9-15(10-17(12(3)4)18(16)21)20-14-7-5-6-13(8-14)19(22)23/h5-12,20-21H,1-4H3,(H,22,23)/p-1. The molecule has 0 atom stereocenters. The summed E-state index contributed by atoms with van der Waals surface area (Å²) in [6.07, 6.45) is 0. The lowest BCUT2D eigenvalue weighted by Crippen LogP contribution is -2.06. The van der Waals surface area contributed by atoms with Crippen LogP contribution in [-0.4, -0.2) is 11.1 Å². The highest BCUT2D eigenvalue weighted by Crippen LogP contribution is 2.35. The molecule has 2 rings (SSSR count). The summed E-state index contributed by atoms with van der Waals surface area (Å²) in [5, 5.41) is 24.8. The summed E-state index contributed by atoms with van der Waals surface area (Å²) in [5.41, 5.74) is 3.26. The summed E-state index contributed by atoms with van der Waals surface area (Å²) >= 11 is 0. The second kappa shape index (κ2) is 6.73. The molecule has 0 aromatic heterocycles. The van der Waals surface area contributed by atoms with Gasteiger partial charge in [-0.05, 0) is 42.2 Å². The van der Waals surface area contributed by atoms with Crippen molar-refractivity contribution in [1.29, 1.82) is 0 Å². The average Bonchev–Trinajstić information content (AvgIpc) is 2.48. The number of carboxylic acids is 1. The number of nitrogens with one attached hydrogen (secondary N) is 1. The molecule has 0 heterocycles. The first-order valence-corrected chi connectivity index (χ1v) is 7.74. The SMILES string of the molecule is CC(C)c1cc(Nc2cccc(C(=O)O)c2)cc(C(C)C)c1[O-].